The van der Waals surface area contributed by atoms with Gasteiger partial charge in [-0.05, 0) is 37.6 Å². The van der Waals surface area contributed by atoms with E-state index in [-0.39, 0.29) is 0 Å². The highest BCUT2D eigenvalue weighted by atomic mass is 35.5. The Kier molecular flexibility index (Phi) is 6.32. The van der Waals surface area contributed by atoms with Gasteiger partial charge in [0.15, 0.2) is 0 Å². The van der Waals surface area contributed by atoms with E-state index in [0.29, 0.717) is 34.6 Å². The fourth-order valence-corrected chi connectivity index (χ4v) is 3.03. The predicted molar refractivity (Wildman–Crippen MR) is 106 cm³/mol. The molecule has 1 heterocycles. The highest BCUT2D eigenvalue weighted by molar-refractivity contribution is 6.36. The van der Waals surface area contributed by atoms with E-state index in [2.05, 4.69) is 21.4 Å². The molecule has 0 radical (unpaired) electrons. The fourth-order valence-electron chi connectivity index (χ4n) is 2.47. The molecule has 0 atom stereocenters. The Bertz CT molecular complexity index is 943. The first-order valence-corrected chi connectivity index (χ1v) is 8.99. The van der Waals surface area contributed by atoms with Crippen LogP contribution in [0.15, 0.2) is 48.1 Å². The van der Waals surface area contributed by atoms with Crippen LogP contribution in [0.25, 0.3) is 0 Å². The lowest BCUT2D eigenvalue weighted by atomic mass is 10.1. The van der Waals surface area contributed by atoms with E-state index in [1.807, 2.05) is 26.0 Å². The standard InChI is InChI=1S/C19H18Cl2N4O2/c1-13-3-4-18(14(2)7-13)26-5-6-27-19-15(8-16(20)9-17(19)21)10-24-25-11-22-23-12-25/h3-4,7-12H,5-6H2,1-2H3/b24-10-. The van der Waals surface area contributed by atoms with Crippen molar-refractivity contribution in [2.24, 2.45) is 5.10 Å². The molecule has 0 amide bonds. The second-order valence-electron chi connectivity index (χ2n) is 5.86. The average Bonchev–Trinajstić information content (AvgIpc) is 3.13. The molecule has 0 aliphatic rings. The quantitative estimate of drug-likeness (QED) is 0.428. The molecule has 8 heteroatoms. The molecule has 0 fully saturated rings. The molecule has 27 heavy (non-hydrogen) atoms. The molecule has 0 bridgehead atoms. The number of aromatic nitrogens is 3. The Morgan fingerprint density at radius 2 is 1.78 bits per heavy atom. The molecule has 0 N–H and O–H groups in total. The van der Waals surface area contributed by atoms with Crippen molar-refractivity contribution in [1.82, 2.24) is 14.9 Å². The number of aryl methyl sites for hydroxylation is 2. The summed E-state index contributed by atoms with van der Waals surface area (Å²) in [6.45, 7) is 4.76. The lowest BCUT2D eigenvalue weighted by Crippen LogP contribution is -2.11. The molecular weight excluding hydrogens is 387 g/mol. The molecule has 0 spiro atoms. The largest absolute Gasteiger partial charge is 0.490 e. The Morgan fingerprint density at radius 3 is 2.52 bits per heavy atom. The first kappa shape index (κ1) is 19.2. The highest BCUT2D eigenvalue weighted by Gasteiger charge is 2.10. The third kappa shape index (κ3) is 5.21. The number of ether oxygens (including phenoxy) is 2. The number of hydrogen-bond donors (Lipinski definition) is 0. The summed E-state index contributed by atoms with van der Waals surface area (Å²) < 4.78 is 13.1. The van der Waals surface area contributed by atoms with Gasteiger partial charge in [0.25, 0.3) is 0 Å². The van der Waals surface area contributed by atoms with E-state index in [9.17, 15) is 0 Å². The predicted octanol–water partition coefficient (Wildman–Crippen LogP) is 4.54. The Morgan fingerprint density at radius 1 is 1.04 bits per heavy atom. The summed E-state index contributed by atoms with van der Waals surface area (Å²) >= 11 is 12.4. The fraction of sp³-hybridized carbons (Fsp3) is 0.211. The number of benzene rings is 2. The minimum atomic E-state index is 0.322. The smallest absolute Gasteiger partial charge is 0.147 e. The third-order valence-electron chi connectivity index (χ3n) is 3.69. The highest BCUT2D eigenvalue weighted by Crippen LogP contribution is 2.31. The van der Waals surface area contributed by atoms with Crippen LogP contribution in [0.2, 0.25) is 10.0 Å². The van der Waals surface area contributed by atoms with Crippen LogP contribution in [-0.4, -0.2) is 34.3 Å². The maximum atomic E-state index is 6.29. The molecule has 0 saturated carbocycles. The molecule has 140 valence electrons. The van der Waals surface area contributed by atoms with Gasteiger partial charge in [0.05, 0.1) is 11.2 Å². The van der Waals surface area contributed by atoms with Gasteiger partial charge in [-0.3, -0.25) is 0 Å². The minimum Gasteiger partial charge on any atom is -0.490 e. The molecule has 1 aromatic heterocycles. The zero-order valence-corrected chi connectivity index (χ0v) is 16.4. The van der Waals surface area contributed by atoms with Gasteiger partial charge in [-0.2, -0.15) is 5.10 Å². The van der Waals surface area contributed by atoms with Crippen molar-refractivity contribution >= 4 is 29.4 Å². The number of halogens is 2. The lowest BCUT2D eigenvalue weighted by molar-refractivity contribution is 0.216. The second kappa shape index (κ2) is 8.88. The van der Waals surface area contributed by atoms with Crippen molar-refractivity contribution in [2.75, 3.05) is 13.2 Å². The van der Waals surface area contributed by atoms with Gasteiger partial charge in [-0.1, -0.05) is 40.9 Å². The van der Waals surface area contributed by atoms with Crippen molar-refractivity contribution in [1.29, 1.82) is 0 Å². The monoisotopic (exact) mass is 404 g/mol. The minimum absolute atomic E-state index is 0.322. The SMILES string of the molecule is Cc1ccc(OCCOc2c(Cl)cc(Cl)cc2/C=N\n2cnnc2)c(C)c1. The normalized spacial score (nSPS) is 11.1. The summed E-state index contributed by atoms with van der Waals surface area (Å²) in [6.07, 6.45) is 4.53. The average molecular weight is 405 g/mol. The molecular formula is C19H18Cl2N4O2. The summed E-state index contributed by atoms with van der Waals surface area (Å²) in [5.74, 6) is 1.32. The van der Waals surface area contributed by atoms with Crippen molar-refractivity contribution < 1.29 is 9.47 Å². The molecule has 0 saturated heterocycles. The zero-order valence-electron chi connectivity index (χ0n) is 14.9. The van der Waals surface area contributed by atoms with Crippen LogP contribution in [-0.2, 0) is 0 Å². The van der Waals surface area contributed by atoms with Gasteiger partial charge in [-0.15, -0.1) is 10.2 Å². The molecule has 0 unspecified atom stereocenters. The van der Waals surface area contributed by atoms with E-state index in [1.54, 1.807) is 18.3 Å². The third-order valence-corrected chi connectivity index (χ3v) is 4.19. The van der Waals surface area contributed by atoms with Gasteiger partial charge in [0.1, 0.15) is 37.4 Å². The van der Waals surface area contributed by atoms with Gasteiger partial charge >= 0.3 is 0 Å². The van der Waals surface area contributed by atoms with Crippen LogP contribution < -0.4 is 9.47 Å². The first-order valence-electron chi connectivity index (χ1n) is 8.24. The molecule has 3 rings (SSSR count). The maximum Gasteiger partial charge on any atom is 0.147 e. The van der Waals surface area contributed by atoms with E-state index < -0.39 is 0 Å². The van der Waals surface area contributed by atoms with Gasteiger partial charge in [0, 0.05) is 10.6 Å². The topological polar surface area (TPSA) is 61.5 Å². The Hall–Kier alpha value is -2.57. The second-order valence-corrected chi connectivity index (χ2v) is 6.70. The summed E-state index contributed by atoms with van der Waals surface area (Å²) in [4.78, 5) is 0. The van der Waals surface area contributed by atoms with Crippen molar-refractivity contribution in [3.05, 3.63) is 69.7 Å². The van der Waals surface area contributed by atoms with E-state index in [0.717, 1.165) is 11.3 Å². The first-order chi connectivity index (χ1) is 13.0. The van der Waals surface area contributed by atoms with Gasteiger partial charge < -0.3 is 9.47 Å². The van der Waals surface area contributed by atoms with Crippen LogP contribution in [0, 0.1) is 13.8 Å². The molecule has 0 aliphatic carbocycles. The summed E-state index contributed by atoms with van der Waals surface area (Å²) in [7, 11) is 0. The molecule has 3 aromatic rings. The molecule has 0 aliphatic heterocycles. The van der Waals surface area contributed by atoms with Gasteiger partial charge in [-0.25, -0.2) is 4.68 Å². The molecule has 6 nitrogen and oxygen atoms in total. The van der Waals surface area contributed by atoms with E-state index in [1.165, 1.54) is 22.9 Å². The Balaban J connectivity index is 1.67. The zero-order chi connectivity index (χ0) is 19.2. The van der Waals surface area contributed by atoms with Crippen LogP contribution in [0.5, 0.6) is 11.5 Å². The molecule has 2 aromatic carbocycles. The van der Waals surface area contributed by atoms with Crippen LogP contribution in [0.3, 0.4) is 0 Å². The number of hydrogen-bond acceptors (Lipinski definition) is 5. The van der Waals surface area contributed by atoms with E-state index >= 15 is 0 Å². The van der Waals surface area contributed by atoms with Crippen molar-refractivity contribution in [3.8, 4) is 11.5 Å². The lowest BCUT2D eigenvalue weighted by Gasteiger charge is -2.13. The maximum absolute atomic E-state index is 6.29. The van der Waals surface area contributed by atoms with E-state index in [4.69, 9.17) is 32.7 Å². The van der Waals surface area contributed by atoms with Crippen molar-refractivity contribution in [2.45, 2.75) is 13.8 Å². The summed E-state index contributed by atoms with van der Waals surface area (Å²) in [5.41, 5.74) is 2.93. The van der Waals surface area contributed by atoms with Gasteiger partial charge in [0.2, 0.25) is 0 Å². The van der Waals surface area contributed by atoms with Crippen molar-refractivity contribution in [3.63, 3.8) is 0 Å². The van der Waals surface area contributed by atoms with Crippen LogP contribution >= 0.6 is 23.2 Å². The summed E-state index contributed by atoms with van der Waals surface area (Å²) in [5, 5.41) is 12.5. The Labute approximate surface area is 167 Å². The van der Waals surface area contributed by atoms with Crippen LogP contribution in [0.4, 0.5) is 0 Å². The van der Waals surface area contributed by atoms with Crippen LogP contribution in [0.1, 0.15) is 16.7 Å². The summed E-state index contributed by atoms with van der Waals surface area (Å²) in [6, 6.07) is 9.39. The number of nitrogens with zero attached hydrogens (tertiary/aromatic N) is 4. The number of rotatable bonds is 7.